The van der Waals surface area contributed by atoms with E-state index < -0.39 is 5.60 Å². The molecule has 0 radical (unpaired) electrons. The number of rotatable bonds is 4. The van der Waals surface area contributed by atoms with E-state index >= 15 is 0 Å². The smallest absolute Gasteiger partial charge is 0.0946 e. The molecule has 0 atom stereocenters. The first-order valence-electron chi connectivity index (χ1n) is 4.38. The zero-order valence-corrected chi connectivity index (χ0v) is 7.70. The van der Waals surface area contributed by atoms with Crippen molar-refractivity contribution < 1.29 is 5.11 Å². The first kappa shape index (κ1) is 9.26. The van der Waals surface area contributed by atoms with Crippen molar-refractivity contribution in [1.29, 1.82) is 0 Å². The third kappa shape index (κ3) is 2.08. The Bertz CT molecular complexity index is 214. The molecule has 68 valence electrons. The highest BCUT2D eigenvalue weighted by Crippen LogP contribution is 2.16. The van der Waals surface area contributed by atoms with Gasteiger partial charge in [-0.1, -0.05) is 13.8 Å². The Hall–Kier alpha value is -0.830. The quantitative estimate of drug-likeness (QED) is 0.738. The summed E-state index contributed by atoms with van der Waals surface area (Å²) in [4.78, 5) is 3.93. The van der Waals surface area contributed by atoms with Gasteiger partial charge in [0.2, 0.25) is 0 Å². The molecule has 0 aliphatic carbocycles. The van der Waals surface area contributed by atoms with Crippen molar-refractivity contribution in [3.63, 3.8) is 0 Å². The summed E-state index contributed by atoms with van der Waals surface area (Å²) in [6.07, 6.45) is 6.89. The van der Waals surface area contributed by atoms with Crippen LogP contribution in [0.1, 0.15) is 26.7 Å². The highest BCUT2D eigenvalue weighted by atomic mass is 16.3. The van der Waals surface area contributed by atoms with Crippen molar-refractivity contribution >= 4 is 0 Å². The van der Waals surface area contributed by atoms with E-state index in [0.717, 1.165) is 12.8 Å². The lowest BCUT2D eigenvalue weighted by molar-refractivity contribution is 0.0150. The van der Waals surface area contributed by atoms with E-state index in [0.29, 0.717) is 6.54 Å². The lowest BCUT2D eigenvalue weighted by atomic mass is 9.98. The Labute approximate surface area is 73.1 Å². The third-order valence-corrected chi connectivity index (χ3v) is 2.35. The van der Waals surface area contributed by atoms with Crippen molar-refractivity contribution in [2.24, 2.45) is 0 Å². The monoisotopic (exact) mass is 168 g/mol. The zero-order chi connectivity index (χ0) is 9.03. The number of imidazole rings is 1. The lowest BCUT2D eigenvalue weighted by Gasteiger charge is -2.25. The third-order valence-electron chi connectivity index (χ3n) is 2.35. The Kier molecular flexibility index (Phi) is 2.87. The van der Waals surface area contributed by atoms with E-state index in [1.807, 2.05) is 24.6 Å². The minimum atomic E-state index is -0.569. The minimum Gasteiger partial charge on any atom is -0.388 e. The Morgan fingerprint density at radius 3 is 2.50 bits per heavy atom. The highest BCUT2D eigenvalue weighted by molar-refractivity contribution is 4.81. The number of hydrogen-bond acceptors (Lipinski definition) is 2. The summed E-state index contributed by atoms with van der Waals surface area (Å²) in [6.45, 7) is 4.64. The molecule has 1 aromatic heterocycles. The fraction of sp³-hybridized carbons (Fsp3) is 0.667. The fourth-order valence-corrected chi connectivity index (χ4v) is 1.19. The Balaban J connectivity index is 2.60. The molecular formula is C9H16N2O. The van der Waals surface area contributed by atoms with Gasteiger partial charge >= 0.3 is 0 Å². The second-order valence-electron chi connectivity index (χ2n) is 3.17. The predicted octanol–water partition coefficient (Wildman–Crippen LogP) is 1.43. The molecule has 0 aliphatic rings. The lowest BCUT2D eigenvalue weighted by Crippen LogP contribution is -2.32. The van der Waals surface area contributed by atoms with E-state index in [9.17, 15) is 5.11 Å². The molecule has 0 aromatic carbocycles. The van der Waals surface area contributed by atoms with E-state index in [4.69, 9.17) is 0 Å². The molecule has 12 heavy (non-hydrogen) atoms. The molecule has 0 saturated carbocycles. The van der Waals surface area contributed by atoms with E-state index in [1.165, 1.54) is 0 Å². The maximum absolute atomic E-state index is 9.95. The number of aromatic nitrogens is 2. The fourth-order valence-electron chi connectivity index (χ4n) is 1.19. The van der Waals surface area contributed by atoms with Crippen molar-refractivity contribution in [3.05, 3.63) is 18.7 Å². The molecule has 0 saturated heterocycles. The van der Waals surface area contributed by atoms with Crippen molar-refractivity contribution in [2.75, 3.05) is 0 Å². The molecule has 3 nitrogen and oxygen atoms in total. The summed E-state index contributed by atoms with van der Waals surface area (Å²) in [5, 5.41) is 9.95. The van der Waals surface area contributed by atoms with Crippen LogP contribution in [-0.4, -0.2) is 20.3 Å². The highest BCUT2D eigenvalue weighted by Gasteiger charge is 2.21. The van der Waals surface area contributed by atoms with Crippen molar-refractivity contribution in [3.8, 4) is 0 Å². The van der Waals surface area contributed by atoms with Gasteiger partial charge in [0.1, 0.15) is 0 Å². The summed E-state index contributed by atoms with van der Waals surface area (Å²) in [6, 6.07) is 0. The van der Waals surface area contributed by atoms with Crippen LogP contribution in [0, 0.1) is 0 Å². The topological polar surface area (TPSA) is 38.0 Å². The number of hydrogen-bond donors (Lipinski definition) is 1. The number of nitrogens with zero attached hydrogens (tertiary/aromatic N) is 2. The SMILES string of the molecule is CCC(O)(CC)Cn1ccnc1. The summed E-state index contributed by atoms with van der Waals surface area (Å²) in [5.74, 6) is 0. The van der Waals surface area contributed by atoms with Crippen LogP contribution in [0.5, 0.6) is 0 Å². The van der Waals surface area contributed by atoms with Gasteiger partial charge in [-0.2, -0.15) is 0 Å². The normalized spacial score (nSPS) is 11.9. The standard InChI is InChI=1S/C9H16N2O/c1-3-9(12,4-2)7-11-6-5-10-8-11/h5-6,8,12H,3-4,7H2,1-2H3. The van der Waals surface area contributed by atoms with Crippen LogP contribution in [0.4, 0.5) is 0 Å². The van der Waals surface area contributed by atoms with Crippen LogP contribution in [0.25, 0.3) is 0 Å². The van der Waals surface area contributed by atoms with E-state index in [2.05, 4.69) is 4.98 Å². The summed E-state index contributed by atoms with van der Waals surface area (Å²) < 4.78 is 1.91. The van der Waals surface area contributed by atoms with Gasteiger partial charge in [0.05, 0.1) is 18.5 Å². The molecule has 1 aromatic rings. The number of aliphatic hydroxyl groups is 1. The maximum atomic E-state index is 9.95. The van der Waals surface area contributed by atoms with Crippen LogP contribution in [0.3, 0.4) is 0 Å². The van der Waals surface area contributed by atoms with Gasteiger partial charge in [-0.25, -0.2) is 4.98 Å². The first-order valence-corrected chi connectivity index (χ1v) is 4.38. The van der Waals surface area contributed by atoms with Gasteiger partial charge in [-0.15, -0.1) is 0 Å². The van der Waals surface area contributed by atoms with Gasteiger partial charge in [-0.3, -0.25) is 0 Å². The molecule has 0 aliphatic heterocycles. The molecule has 1 heterocycles. The average molecular weight is 168 g/mol. The van der Waals surface area contributed by atoms with Crippen LogP contribution >= 0.6 is 0 Å². The molecular weight excluding hydrogens is 152 g/mol. The van der Waals surface area contributed by atoms with Crippen LogP contribution in [0.15, 0.2) is 18.7 Å². The predicted molar refractivity (Wildman–Crippen MR) is 47.8 cm³/mol. The van der Waals surface area contributed by atoms with Crippen LogP contribution < -0.4 is 0 Å². The second-order valence-corrected chi connectivity index (χ2v) is 3.17. The van der Waals surface area contributed by atoms with Gasteiger partial charge in [0.15, 0.2) is 0 Å². The molecule has 3 heteroatoms. The van der Waals surface area contributed by atoms with Gasteiger partial charge in [0, 0.05) is 12.4 Å². The van der Waals surface area contributed by atoms with Gasteiger partial charge < -0.3 is 9.67 Å². The van der Waals surface area contributed by atoms with Crippen LogP contribution in [-0.2, 0) is 6.54 Å². The molecule has 1 N–H and O–H groups in total. The van der Waals surface area contributed by atoms with Crippen LogP contribution in [0.2, 0.25) is 0 Å². The zero-order valence-electron chi connectivity index (χ0n) is 7.70. The first-order chi connectivity index (χ1) is 5.70. The molecule has 1 rings (SSSR count). The van der Waals surface area contributed by atoms with E-state index in [-0.39, 0.29) is 0 Å². The maximum Gasteiger partial charge on any atom is 0.0946 e. The molecule has 0 unspecified atom stereocenters. The molecule has 0 bridgehead atoms. The van der Waals surface area contributed by atoms with E-state index in [1.54, 1.807) is 12.5 Å². The molecule has 0 fully saturated rings. The van der Waals surface area contributed by atoms with Crippen molar-refractivity contribution in [2.45, 2.75) is 38.8 Å². The Morgan fingerprint density at radius 1 is 1.42 bits per heavy atom. The second kappa shape index (κ2) is 3.72. The Morgan fingerprint density at radius 2 is 2.08 bits per heavy atom. The minimum absolute atomic E-state index is 0.569. The summed E-state index contributed by atoms with van der Waals surface area (Å²) in [5.41, 5.74) is -0.569. The summed E-state index contributed by atoms with van der Waals surface area (Å²) >= 11 is 0. The average Bonchev–Trinajstić information content (AvgIpc) is 2.57. The molecule has 0 amide bonds. The largest absolute Gasteiger partial charge is 0.388 e. The molecule has 0 spiro atoms. The van der Waals surface area contributed by atoms with Gasteiger partial charge in [0.25, 0.3) is 0 Å². The van der Waals surface area contributed by atoms with Crippen molar-refractivity contribution in [1.82, 2.24) is 9.55 Å². The summed E-state index contributed by atoms with van der Waals surface area (Å²) in [7, 11) is 0. The van der Waals surface area contributed by atoms with Gasteiger partial charge in [-0.05, 0) is 12.8 Å².